The van der Waals surface area contributed by atoms with Gasteiger partial charge in [0.25, 0.3) is 0 Å². The average molecular weight is 387 g/mol. The molecule has 0 amide bonds. The second-order valence-corrected chi connectivity index (χ2v) is 8.58. The number of carbonyl (C=O) groups excluding carboxylic acids is 1. The molecule has 2 unspecified atom stereocenters. The first kappa shape index (κ1) is 20.1. The van der Waals surface area contributed by atoms with Gasteiger partial charge in [0, 0.05) is 19.4 Å². The van der Waals surface area contributed by atoms with Gasteiger partial charge >= 0.3 is 5.97 Å². The number of esters is 1. The predicted octanol–water partition coefficient (Wildman–Crippen LogP) is 3.63. The van der Waals surface area contributed by atoms with E-state index in [0.29, 0.717) is 18.7 Å². The summed E-state index contributed by atoms with van der Waals surface area (Å²) in [7, 11) is 1.69. The van der Waals surface area contributed by atoms with Crippen molar-refractivity contribution in [2.24, 2.45) is 5.92 Å². The van der Waals surface area contributed by atoms with Gasteiger partial charge in [0.05, 0.1) is 18.6 Å². The fourth-order valence-corrected chi connectivity index (χ4v) is 4.64. The summed E-state index contributed by atoms with van der Waals surface area (Å²) in [6, 6.07) is 0. The van der Waals surface area contributed by atoms with Crippen molar-refractivity contribution in [3.8, 4) is 0 Å². The van der Waals surface area contributed by atoms with Gasteiger partial charge in [0.1, 0.15) is 23.4 Å². The van der Waals surface area contributed by atoms with Gasteiger partial charge in [-0.1, -0.05) is 11.6 Å². The first-order chi connectivity index (χ1) is 12.4. The molecule has 0 N–H and O–H groups in total. The number of carbonyl (C=O) groups is 1. The van der Waals surface area contributed by atoms with Gasteiger partial charge in [0.2, 0.25) is 0 Å². The Balaban J connectivity index is 1.72. The van der Waals surface area contributed by atoms with Crippen LogP contribution < -0.4 is 0 Å². The molecule has 0 aromatic heterocycles. The van der Waals surface area contributed by atoms with Gasteiger partial charge in [-0.3, -0.25) is 4.79 Å². The minimum Gasteiger partial charge on any atom is -0.460 e. The van der Waals surface area contributed by atoms with E-state index in [1.54, 1.807) is 7.11 Å². The topological polar surface area (TPSA) is 60.6 Å². The average Bonchev–Trinajstić information content (AvgIpc) is 3.50. The molecule has 6 atom stereocenters. The molecule has 1 spiro atoms. The molecule has 0 radical (unpaired) electrons. The first-order valence-electron chi connectivity index (χ1n) is 9.59. The van der Waals surface area contributed by atoms with Gasteiger partial charge in [-0.25, -0.2) is 0 Å². The lowest BCUT2D eigenvalue weighted by Gasteiger charge is -2.42. The Labute approximate surface area is 161 Å². The zero-order valence-electron chi connectivity index (χ0n) is 16.3. The summed E-state index contributed by atoms with van der Waals surface area (Å²) in [5, 5.41) is 0. The third-order valence-corrected chi connectivity index (χ3v) is 6.30. The minimum absolute atomic E-state index is 0.0649. The van der Waals surface area contributed by atoms with Gasteiger partial charge in [-0.2, -0.15) is 0 Å². The van der Waals surface area contributed by atoms with E-state index in [-0.39, 0.29) is 41.4 Å². The van der Waals surface area contributed by atoms with Crippen LogP contribution in [0.25, 0.3) is 0 Å². The minimum atomic E-state index is -0.301. The maximum Gasteiger partial charge on any atom is 0.306 e. The summed E-state index contributed by atoms with van der Waals surface area (Å²) in [6.45, 7) is 7.08. The second-order valence-electron chi connectivity index (χ2n) is 8.20. The van der Waals surface area contributed by atoms with Crippen LogP contribution in [0.15, 0.2) is 11.6 Å². The highest BCUT2D eigenvalue weighted by Crippen LogP contribution is 2.59. The summed E-state index contributed by atoms with van der Waals surface area (Å²) < 4.78 is 23.7. The molecule has 5 nitrogen and oxygen atoms in total. The van der Waals surface area contributed by atoms with E-state index in [1.165, 1.54) is 5.57 Å². The molecule has 6 heteroatoms. The third kappa shape index (κ3) is 3.96. The highest BCUT2D eigenvalue weighted by molar-refractivity contribution is 6.17. The summed E-state index contributed by atoms with van der Waals surface area (Å²) >= 11 is 5.68. The molecule has 3 fully saturated rings. The summed E-state index contributed by atoms with van der Waals surface area (Å²) in [6.07, 6.45) is 5.40. The fourth-order valence-electron chi connectivity index (χ4n) is 4.51. The van der Waals surface area contributed by atoms with E-state index in [0.717, 1.165) is 25.9 Å². The van der Waals surface area contributed by atoms with Crippen molar-refractivity contribution in [2.75, 3.05) is 19.6 Å². The normalized spacial score (nSPS) is 41.0. The SMILES string of the molecule is CO[C@H]1C([C@]2(C)OC2CC=C(C)C)[C@]2(CC[C@H]1OC(=O)CCCCl)CO2. The number of methoxy groups -OCH3 is 1. The highest BCUT2D eigenvalue weighted by atomic mass is 35.5. The highest BCUT2D eigenvalue weighted by Gasteiger charge is 2.72. The molecule has 0 bridgehead atoms. The lowest BCUT2D eigenvalue weighted by molar-refractivity contribution is -0.171. The van der Waals surface area contributed by atoms with Crippen LogP contribution in [0, 0.1) is 5.92 Å². The Morgan fingerprint density at radius 2 is 2.12 bits per heavy atom. The van der Waals surface area contributed by atoms with Gasteiger partial charge in [-0.05, 0) is 46.5 Å². The third-order valence-electron chi connectivity index (χ3n) is 6.03. The molecule has 148 valence electrons. The lowest BCUT2D eigenvalue weighted by atomic mass is 9.68. The van der Waals surface area contributed by atoms with Crippen molar-refractivity contribution >= 4 is 17.6 Å². The van der Waals surface area contributed by atoms with Crippen LogP contribution in [0.5, 0.6) is 0 Å². The van der Waals surface area contributed by atoms with Gasteiger partial charge < -0.3 is 18.9 Å². The first-order valence-corrected chi connectivity index (χ1v) is 10.1. The molecule has 26 heavy (non-hydrogen) atoms. The van der Waals surface area contributed by atoms with Crippen LogP contribution in [-0.4, -0.2) is 55.1 Å². The summed E-state index contributed by atoms with van der Waals surface area (Å²) in [4.78, 5) is 12.1. The molecular formula is C20H31ClO5. The standard InChI is InChI=1S/C20H31ClO5/c1-13(2)7-8-15-19(3,26-15)18-17(23-4)14(9-10-20(18)12-24-20)25-16(22)6-5-11-21/h7,14-15,17-18H,5-6,8-12H2,1-4H3/t14-,15?,17-,18?,19-,20+/m1/s1. The summed E-state index contributed by atoms with van der Waals surface area (Å²) in [5.74, 6) is 0.326. The van der Waals surface area contributed by atoms with Crippen molar-refractivity contribution in [2.45, 2.75) is 82.4 Å². The van der Waals surface area contributed by atoms with Crippen molar-refractivity contribution in [3.05, 3.63) is 11.6 Å². The smallest absolute Gasteiger partial charge is 0.306 e. The van der Waals surface area contributed by atoms with E-state index in [1.807, 2.05) is 0 Å². The van der Waals surface area contributed by atoms with Gasteiger partial charge in [0.15, 0.2) is 0 Å². The Hall–Kier alpha value is -0.620. The van der Waals surface area contributed by atoms with Crippen molar-refractivity contribution in [1.82, 2.24) is 0 Å². The molecule has 2 aliphatic heterocycles. The largest absolute Gasteiger partial charge is 0.460 e. The van der Waals surface area contributed by atoms with Crippen molar-refractivity contribution in [3.63, 3.8) is 0 Å². The van der Waals surface area contributed by atoms with E-state index in [2.05, 4.69) is 26.8 Å². The molecule has 1 aliphatic carbocycles. The number of allylic oxidation sites excluding steroid dienone is 1. The van der Waals surface area contributed by atoms with Crippen molar-refractivity contribution in [1.29, 1.82) is 0 Å². The second kappa shape index (κ2) is 7.78. The Kier molecular flexibility index (Phi) is 6.02. The quantitative estimate of drug-likeness (QED) is 0.276. The Morgan fingerprint density at radius 1 is 1.38 bits per heavy atom. The van der Waals surface area contributed by atoms with Crippen LogP contribution in [0.2, 0.25) is 0 Å². The number of halogens is 1. The number of alkyl halides is 1. The predicted molar refractivity (Wildman–Crippen MR) is 99.4 cm³/mol. The summed E-state index contributed by atoms with van der Waals surface area (Å²) in [5.41, 5.74) is 0.803. The zero-order valence-corrected chi connectivity index (χ0v) is 17.0. The maximum absolute atomic E-state index is 12.1. The van der Waals surface area contributed by atoms with Gasteiger partial charge in [-0.15, -0.1) is 11.6 Å². The number of ether oxygens (including phenoxy) is 4. The number of hydrogen-bond donors (Lipinski definition) is 0. The Bertz CT molecular complexity index is 554. The lowest BCUT2D eigenvalue weighted by Crippen LogP contribution is -2.55. The zero-order chi connectivity index (χ0) is 18.9. The monoisotopic (exact) mass is 386 g/mol. The number of rotatable bonds is 8. The molecule has 2 heterocycles. The van der Waals surface area contributed by atoms with E-state index >= 15 is 0 Å². The molecule has 0 aromatic carbocycles. The number of epoxide rings is 2. The van der Waals surface area contributed by atoms with E-state index in [4.69, 9.17) is 30.5 Å². The van der Waals surface area contributed by atoms with E-state index < -0.39 is 0 Å². The molecule has 1 saturated carbocycles. The van der Waals surface area contributed by atoms with Crippen LogP contribution in [0.3, 0.4) is 0 Å². The fraction of sp³-hybridized carbons (Fsp3) is 0.850. The Morgan fingerprint density at radius 3 is 2.69 bits per heavy atom. The van der Waals surface area contributed by atoms with E-state index in [9.17, 15) is 4.79 Å². The van der Waals surface area contributed by atoms with Crippen LogP contribution in [0.1, 0.15) is 52.9 Å². The maximum atomic E-state index is 12.1. The molecule has 0 aromatic rings. The number of hydrogen-bond acceptors (Lipinski definition) is 5. The van der Waals surface area contributed by atoms with Crippen LogP contribution in [-0.2, 0) is 23.7 Å². The molecular weight excluding hydrogens is 356 g/mol. The van der Waals surface area contributed by atoms with Crippen LogP contribution in [0.4, 0.5) is 0 Å². The van der Waals surface area contributed by atoms with Crippen LogP contribution >= 0.6 is 11.6 Å². The van der Waals surface area contributed by atoms with Crippen molar-refractivity contribution < 1.29 is 23.7 Å². The molecule has 2 saturated heterocycles. The molecule has 3 aliphatic rings. The molecule has 3 rings (SSSR count).